The van der Waals surface area contributed by atoms with E-state index < -0.39 is 0 Å². The fourth-order valence-corrected chi connectivity index (χ4v) is 1.63. The van der Waals surface area contributed by atoms with Crippen molar-refractivity contribution >= 4 is 6.08 Å². The monoisotopic (exact) mass is 331 g/mol. The largest absolute Gasteiger partial charge is 3.00 e. The third kappa shape index (κ3) is 4.02. The van der Waals surface area contributed by atoms with Crippen molar-refractivity contribution in [1.29, 1.82) is 0 Å². The van der Waals surface area contributed by atoms with Crippen molar-refractivity contribution < 1.29 is 51.0 Å². The summed E-state index contributed by atoms with van der Waals surface area (Å²) in [6.07, 6.45) is 6.33. The predicted molar refractivity (Wildman–Crippen MR) is 56.6 cm³/mol. The van der Waals surface area contributed by atoms with E-state index in [4.69, 9.17) is 0 Å². The van der Waals surface area contributed by atoms with Crippen molar-refractivity contribution in [3.8, 4) is 0 Å². The second-order valence-corrected chi connectivity index (χ2v) is 4.69. The molecule has 0 aromatic heterocycles. The maximum Gasteiger partial charge on any atom is 3.00 e. The second-order valence-electron chi connectivity index (χ2n) is 4.69. The van der Waals surface area contributed by atoms with Gasteiger partial charge in [0.2, 0.25) is 0 Å². The van der Waals surface area contributed by atoms with Gasteiger partial charge in [0.25, 0.3) is 0 Å². The number of hydrogen-bond donors (Lipinski definition) is 0. The molecule has 0 atom stereocenters. The van der Waals surface area contributed by atoms with Crippen molar-refractivity contribution in [2.75, 3.05) is 0 Å². The van der Waals surface area contributed by atoms with Crippen molar-refractivity contribution in [1.82, 2.24) is 0 Å². The van der Waals surface area contributed by atoms with Gasteiger partial charge in [0.05, 0.1) is 0 Å². The van der Waals surface area contributed by atoms with E-state index in [9.17, 15) is 0 Å². The number of rotatable bonds is 0. The minimum absolute atomic E-state index is 0. The summed E-state index contributed by atoms with van der Waals surface area (Å²) in [5.74, 6) is 0. The van der Waals surface area contributed by atoms with Crippen molar-refractivity contribution in [2.45, 2.75) is 32.6 Å². The summed E-state index contributed by atoms with van der Waals surface area (Å²) in [5, 5.41) is 0. The maximum atomic E-state index is 3.24. The Morgan fingerprint density at radius 3 is 2.31 bits per heavy atom. The first-order chi connectivity index (χ1) is 6.07. The molecule has 0 saturated heterocycles. The van der Waals surface area contributed by atoms with Crippen LogP contribution in [-0.2, 0) is 38.0 Å². The van der Waals surface area contributed by atoms with Gasteiger partial charge in [0, 0.05) is 0 Å². The number of fused-ring (bicyclic) bond motifs is 1. The van der Waals surface area contributed by atoms with Gasteiger partial charge in [0.15, 0.2) is 0 Å². The predicted octanol–water partition coefficient (Wildman–Crippen LogP) is -2.64. The second kappa shape index (κ2) is 6.99. The summed E-state index contributed by atoms with van der Waals surface area (Å²) < 4.78 is 0. The molecule has 0 nitrogen and oxygen atoms in total. The molecule has 2 rings (SSSR count). The van der Waals surface area contributed by atoms with Crippen LogP contribution in [0.2, 0.25) is 0 Å². The summed E-state index contributed by atoms with van der Waals surface area (Å²) in [4.78, 5) is 0. The Balaban J connectivity index is 0. The first kappa shape index (κ1) is 18.8. The van der Waals surface area contributed by atoms with Gasteiger partial charge >= 0.3 is 26.2 Å². The third-order valence-corrected chi connectivity index (χ3v) is 2.56. The van der Waals surface area contributed by atoms with E-state index in [0.29, 0.717) is 0 Å². The average Bonchev–Trinajstić information content (AvgIpc) is 2.47. The molecule has 0 spiro atoms. The van der Waals surface area contributed by atoms with Gasteiger partial charge in [-0.1, -0.05) is 38.5 Å². The SMILES string of the molecule is CC(C)(C)c1ccc2c(c1)C=[C-]C2.[Cl-].[Cl-].[Zr+3]. The first-order valence-corrected chi connectivity index (χ1v) is 4.77. The zero-order valence-electron chi connectivity index (χ0n) is 9.77. The fraction of sp³-hybridized carbons (Fsp3) is 0.385. The summed E-state index contributed by atoms with van der Waals surface area (Å²) in [6.45, 7) is 6.74. The standard InChI is InChI=1S/C13H15.2ClH.Zr/c1-13(2,3)12-8-7-10-5-4-6-11(10)9-12;;;/h6-9H,5H2,1-3H3;2*1H;/q-1;;;+3/p-2. The smallest absolute Gasteiger partial charge is 1.00 e. The number of allylic oxidation sites excluding steroid dienone is 1. The van der Waals surface area contributed by atoms with Gasteiger partial charge in [-0.25, -0.2) is 6.08 Å². The topological polar surface area (TPSA) is 0 Å². The van der Waals surface area contributed by atoms with Crippen LogP contribution in [0.5, 0.6) is 0 Å². The molecule has 0 unspecified atom stereocenters. The molecular weight excluding hydrogens is 318 g/mol. The van der Waals surface area contributed by atoms with Crippen LogP contribution >= 0.6 is 0 Å². The van der Waals surface area contributed by atoms with Crippen LogP contribution < -0.4 is 24.8 Å². The Morgan fingerprint density at radius 2 is 1.75 bits per heavy atom. The minimum atomic E-state index is 0. The van der Waals surface area contributed by atoms with Gasteiger partial charge in [-0.3, -0.25) is 6.08 Å². The van der Waals surface area contributed by atoms with Crippen LogP contribution in [0.15, 0.2) is 18.2 Å². The molecule has 1 aromatic carbocycles. The summed E-state index contributed by atoms with van der Waals surface area (Å²) >= 11 is 0. The van der Waals surface area contributed by atoms with E-state index in [1.54, 1.807) is 0 Å². The molecule has 1 aliphatic carbocycles. The fourth-order valence-electron chi connectivity index (χ4n) is 1.63. The van der Waals surface area contributed by atoms with Crippen LogP contribution in [0.25, 0.3) is 6.08 Å². The molecule has 0 aliphatic heterocycles. The van der Waals surface area contributed by atoms with Crippen LogP contribution in [0.4, 0.5) is 0 Å². The van der Waals surface area contributed by atoms with E-state index in [1.807, 2.05) is 0 Å². The number of halogens is 2. The Kier molecular flexibility index (Phi) is 8.21. The molecular formula is C13H15Cl2Zr. The van der Waals surface area contributed by atoms with Crippen LogP contribution in [0, 0.1) is 6.08 Å². The normalized spacial score (nSPS) is 11.9. The van der Waals surface area contributed by atoms with E-state index in [0.717, 1.165) is 6.42 Å². The van der Waals surface area contributed by atoms with Gasteiger partial charge in [-0.05, 0) is 5.41 Å². The van der Waals surface area contributed by atoms with Crippen LogP contribution in [0.1, 0.15) is 37.5 Å². The van der Waals surface area contributed by atoms with E-state index in [1.165, 1.54) is 16.7 Å². The average molecular weight is 333 g/mol. The van der Waals surface area contributed by atoms with Crippen LogP contribution in [-0.4, -0.2) is 0 Å². The number of benzene rings is 1. The molecule has 0 heterocycles. The first-order valence-electron chi connectivity index (χ1n) is 4.77. The van der Waals surface area contributed by atoms with Crippen molar-refractivity contribution in [3.05, 3.63) is 41.0 Å². The van der Waals surface area contributed by atoms with Crippen molar-refractivity contribution in [2.24, 2.45) is 0 Å². The van der Waals surface area contributed by atoms with E-state index >= 15 is 0 Å². The van der Waals surface area contributed by atoms with Gasteiger partial charge in [0.1, 0.15) is 0 Å². The quantitative estimate of drug-likeness (QED) is 0.456. The Morgan fingerprint density at radius 1 is 1.12 bits per heavy atom. The maximum absolute atomic E-state index is 3.24. The van der Waals surface area contributed by atoms with E-state index in [2.05, 4.69) is 51.1 Å². The molecule has 0 fully saturated rings. The minimum Gasteiger partial charge on any atom is -1.00 e. The molecule has 0 saturated carbocycles. The third-order valence-electron chi connectivity index (χ3n) is 2.56. The molecule has 0 N–H and O–H groups in total. The molecule has 85 valence electrons. The van der Waals surface area contributed by atoms with E-state index in [-0.39, 0.29) is 56.4 Å². The van der Waals surface area contributed by atoms with Gasteiger partial charge in [-0.2, -0.15) is 5.56 Å². The molecule has 0 amide bonds. The zero-order valence-corrected chi connectivity index (χ0v) is 13.7. The van der Waals surface area contributed by atoms with Gasteiger partial charge < -0.3 is 24.8 Å². The Bertz CT molecular complexity index is 365. The molecule has 1 aromatic rings. The van der Waals surface area contributed by atoms with Crippen LogP contribution in [0.3, 0.4) is 0 Å². The Hall–Kier alpha value is 0.423. The molecule has 1 aliphatic rings. The molecule has 16 heavy (non-hydrogen) atoms. The molecule has 0 bridgehead atoms. The molecule has 1 radical (unpaired) electrons. The summed E-state index contributed by atoms with van der Waals surface area (Å²) in [5.41, 5.74) is 4.43. The van der Waals surface area contributed by atoms with Crippen molar-refractivity contribution in [3.63, 3.8) is 0 Å². The number of hydrogen-bond acceptors (Lipinski definition) is 0. The summed E-state index contributed by atoms with van der Waals surface area (Å²) in [6, 6.07) is 6.75. The zero-order chi connectivity index (χ0) is 9.47. The Labute approximate surface area is 130 Å². The van der Waals surface area contributed by atoms with Gasteiger partial charge in [-0.15, -0.1) is 18.1 Å². The summed E-state index contributed by atoms with van der Waals surface area (Å²) in [7, 11) is 0. The molecule has 3 heteroatoms.